The third-order valence-electron chi connectivity index (χ3n) is 3.91. The van der Waals surface area contributed by atoms with Crippen molar-refractivity contribution in [1.82, 2.24) is 9.80 Å². The Bertz CT molecular complexity index is 349. The Morgan fingerprint density at radius 1 is 1.17 bits per heavy atom. The molecule has 2 amide bonds. The number of hydrogen-bond acceptors (Lipinski definition) is 3. The highest BCUT2D eigenvalue weighted by Crippen LogP contribution is 2.43. The van der Waals surface area contributed by atoms with Crippen molar-refractivity contribution >= 4 is 23.6 Å². The highest BCUT2D eigenvalue weighted by atomic mass is 32.2. The number of rotatable bonds is 1. The molecule has 0 N–H and O–H groups in total. The van der Waals surface area contributed by atoms with E-state index in [1.54, 1.807) is 6.92 Å². The lowest BCUT2D eigenvalue weighted by atomic mass is 10.0. The Morgan fingerprint density at radius 2 is 1.78 bits per heavy atom. The second kappa shape index (κ2) is 5.11. The van der Waals surface area contributed by atoms with E-state index in [1.165, 1.54) is 0 Å². The van der Waals surface area contributed by atoms with Gasteiger partial charge in [-0.2, -0.15) is 0 Å². The van der Waals surface area contributed by atoms with Crippen LogP contribution in [-0.4, -0.2) is 51.9 Å². The molecule has 102 valence electrons. The van der Waals surface area contributed by atoms with Crippen molar-refractivity contribution < 1.29 is 9.59 Å². The van der Waals surface area contributed by atoms with Gasteiger partial charge < -0.3 is 9.80 Å². The number of likely N-dealkylation sites (tertiary alicyclic amines) is 1. The molecule has 2 aliphatic heterocycles. The summed E-state index contributed by atoms with van der Waals surface area (Å²) in [5, 5.41) is 0. The van der Waals surface area contributed by atoms with Crippen LogP contribution < -0.4 is 0 Å². The zero-order chi connectivity index (χ0) is 13.3. The molecular formula is C13H22N2O2S. The van der Waals surface area contributed by atoms with Crippen molar-refractivity contribution in [2.45, 2.75) is 38.5 Å². The molecule has 4 nitrogen and oxygen atoms in total. The number of thioether (sulfide) groups is 1. The molecule has 18 heavy (non-hydrogen) atoms. The fraction of sp³-hybridized carbons (Fsp3) is 0.846. The molecule has 2 fully saturated rings. The maximum atomic E-state index is 12.0. The summed E-state index contributed by atoms with van der Waals surface area (Å²) < 4.78 is 0. The lowest BCUT2D eigenvalue weighted by molar-refractivity contribution is -0.138. The topological polar surface area (TPSA) is 40.6 Å². The first-order valence-corrected chi connectivity index (χ1v) is 7.66. The van der Waals surface area contributed by atoms with E-state index in [-0.39, 0.29) is 22.6 Å². The zero-order valence-electron chi connectivity index (χ0n) is 11.4. The van der Waals surface area contributed by atoms with Gasteiger partial charge in [-0.3, -0.25) is 9.59 Å². The summed E-state index contributed by atoms with van der Waals surface area (Å²) in [5.41, 5.74) is 0. The van der Waals surface area contributed by atoms with Crippen molar-refractivity contribution in [3.63, 3.8) is 0 Å². The minimum Gasteiger partial charge on any atom is -0.342 e. The summed E-state index contributed by atoms with van der Waals surface area (Å²) in [5.74, 6) is 1.50. The molecule has 2 rings (SSSR count). The summed E-state index contributed by atoms with van der Waals surface area (Å²) in [7, 11) is 0. The van der Waals surface area contributed by atoms with Crippen molar-refractivity contribution in [3.05, 3.63) is 0 Å². The fourth-order valence-corrected chi connectivity index (χ4v) is 4.41. The summed E-state index contributed by atoms with van der Waals surface area (Å²) in [6.45, 7) is 7.97. The van der Waals surface area contributed by atoms with Crippen LogP contribution in [0.25, 0.3) is 0 Å². The molecule has 1 spiro atoms. The van der Waals surface area contributed by atoms with E-state index in [4.69, 9.17) is 0 Å². The Labute approximate surface area is 113 Å². The van der Waals surface area contributed by atoms with Gasteiger partial charge in [-0.25, -0.2) is 0 Å². The molecule has 0 aliphatic carbocycles. The first-order valence-electron chi connectivity index (χ1n) is 6.67. The molecule has 0 aromatic rings. The normalized spacial score (nSPS) is 22.9. The van der Waals surface area contributed by atoms with E-state index < -0.39 is 0 Å². The van der Waals surface area contributed by atoms with Gasteiger partial charge in [0, 0.05) is 38.2 Å². The third kappa shape index (κ3) is 2.37. The van der Waals surface area contributed by atoms with Crippen molar-refractivity contribution in [2.24, 2.45) is 5.92 Å². The number of piperidine rings is 1. The van der Waals surface area contributed by atoms with Crippen LogP contribution in [0.2, 0.25) is 0 Å². The molecule has 0 unspecified atom stereocenters. The second-order valence-electron chi connectivity index (χ2n) is 5.45. The maximum absolute atomic E-state index is 12.0. The Morgan fingerprint density at radius 3 is 2.28 bits per heavy atom. The van der Waals surface area contributed by atoms with Gasteiger partial charge >= 0.3 is 0 Å². The summed E-state index contributed by atoms with van der Waals surface area (Å²) in [6, 6.07) is 0. The Balaban J connectivity index is 2.01. The smallest absolute Gasteiger partial charge is 0.225 e. The largest absolute Gasteiger partial charge is 0.342 e. The van der Waals surface area contributed by atoms with Gasteiger partial charge in [0.1, 0.15) is 0 Å². The molecule has 0 atom stereocenters. The minimum absolute atomic E-state index is 0.0282. The van der Waals surface area contributed by atoms with Crippen molar-refractivity contribution in [3.8, 4) is 0 Å². The summed E-state index contributed by atoms with van der Waals surface area (Å²) in [4.78, 5) is 27.6. The molecule has 2 aliphatic rings. The van der Waals surface area contributed by atoms with Crippen molar-refractivity contribution in [1.29, 1.82) is 0 Å². The molecule has 0 saturated carbocycles. The highest BCUT2D eigenvalue weighted by molar-refractivity contribution is 8.00. The zero-order valence-corrected chi connectivity index (χ0v) is 12.3. The van der Waals surface area contributed by atoms with E-state index in [1.807, 2.05) is 35.4 Å². The first kappa shape index (κ1) is 13.7. The second-order valence-corrected chi connectivity index (χ2v) is 6.90. The molecule has 0 aromatic carbocycles. The number of carbonyl (C=O) groups is 2. The van der Waals surface area contributed by atoms with Gasteiger partial charge in [0.25, 0.3) is 0 Å². The number of carbonyl (C=O) groups excluding carboxylic acids is 2. The summed E-state index contributed by atoms with van der Waals surface area (Å²) in [6.07, 6.45) is 1.82. The van der Waals surface area contributed by atoms with Crippen molar-refractivity contribution in [2.75, 3.05) is 25.4 Å². The third-order valence-corrected chi connectivity index (χ3v) is 5.46. The average Bonchev–Trinajstić information content (AvgIpc) is 2.73. The van der Waals surface area contributed by atoms with Gasteiger partial charge in [0.15, 0.2) is 0 Å². The first-order chi connectivity index (χ1) is 8.46. The Kier molecular flexibility index (Phi) is 3.90. The van der Waals surface area contributed by atoms with Gasteiger partial charge in [0.2, 0.25) is 11.8 Å². The molecule has 0 radical (unpaired) electrons. The van der Waals surface area contributed by atoms with Crippen LogP contribution in [0.1, 0.15) is 33.6 Å². The van der Waals surface area contributed by atoms with Gasteiger partial charge in [-0.05, 0) is 12.8 Å². The highest BCUT2D eigenvalue weighted by Gasteiger charge is 2.45. The molecular weight excluding hydrogens is 248 g/mol. The monoisotopic (exact) mass is 270 g/mol. The number of amides is 2. The lowest BCUT2D eigenvalue weighted by Crippen LogP contribution is -2.53. The fourth-order valence-electron chi connectivity index (χ4n) is 2.91. The van der Waals surface area contributed by atoms with E-state index in [2.05, 4.69) is 0 Å². The molecule has 0 bridgehead atoms. The maximum Gasteiger partial charge on any atom is 0.225 e. The van der Waals surface area contributed by atoms with Gasteiger partial charge in [-0.1, -0.05) is 13.8 Å². The predicted octanol–water partition coefficient (Wildman–Crippen LogP) is 1.56. The van der Waals surface area contributed by atoms with Crippen LogP contribution in [-0.2, 0) is 9.59 Å². The average molecular weight is 270 g/mol. The van der Waals surface area contributed by atoms with Crippen LogP contribution in [0.15, 0.2) is 0 Å². The van der Waals surface area contributed by atoms with Gasteiger partial charge in [-0.15, -0.1) is 11.8 Å². The molecule has 2 saturated heterocycles. The number of hydrogen-bond donors (Lipinski definition) is 0. The predicted molar refractivity (Wildman–Crippen MR) is 73.2 cm³/mol. The SMILES string of the molecule is CC(=O)N1CCSC12CCN(C(=O)C(C)C)CC2. The van der Waals surface area contributed by atoms with Crippen LogP contribution in [0.4, 0.5) is 0 Å². The standard InChI is InChI=1S/C13H22N2O2S/c1-10(2)12(17)14-6-4-13(5-7-14)15(11(3)16)8-9-18-13/h10H,4-9H2,1-3H3. The Hall–Kier alpha value is -0.710. The molecule has 2 heterocycles. The van der Waals surface area contributed by atoms with E-state index in [0.717, 1.165) is 38.2 Å². The lowest BCUT2D eigenvalue weighted by Gasteiger charge is -2.44. The minimum atomic E-state index is -0.0282. The number of nitrogens with zero attached hydrogens (tertiary/aromatic N) is 2. The van der Waals surface area contributed by atoms with E-state index in [9.17, 15) is 9.59 Å². The molecule has 0 aromatic heterocycles. The van der Waals surface area contributed by atoms with Crippen LogP contribution in [0.3, 0.4) is 0 Å². The van der Waals surface area contributed by atoms with Crippen LogP contribution in [0.5, 0.6) is 0 Å². The summed E-state index contributed by atoms with van der Waals surface area (Å²) >= 11 is 1.89. The van der Waals surface area contributed by atoms with Crippen LogP contribution >= 0.6 is 11.8 Å². The molecule has 5 heteroatoms. The van der Waals surface area contributed by atoms with Gasteiger partial charge in [0.05, 0.1) is 4.87 Å². The quantitative estimate of drug-likeness (QED) is 0.726. The van der Waals surface area contributed by atoms with E-state index >= 15 is 0 Å². The van der Waals surface area contributed by atoms with Crippen LogP contribution in [0, 0.1) is 5.92 Å². The van der Waals surface area contributed by atoms with E-state index in [0.29, 0.717) is 0 Å².